The average molecular weight is 252 g/mol. The highest BCUT2D eigenvalue weighted by molar-refractivity contribution is 5.40. The molecule has 2 aliphatic rings. The SMILES string of the molecule is Fc1cncnc1N1CCC(N2CCOCC2)C1. The van der Waals surface area contributed by atoms with Crippen molar-refractivity contribution in [2.75, 3.05) is 44.3 Å². The number of hydrogen-bond donors (Lipinski definition) is 0. The van der Waals surface area contributed by atoms with Crippen LogP contribution in [-0.2, 0) is 4.74 Å². The third-order valence-electron chi connectivity index (χ3n) is 3.67. The van der Waals surface area contributed by atoms with Crippen molar-refractivity contribution in [2.45, 2.75) is 12.5 Å². The van der Waals surface area contributed by atoms with E-state index in [9.17, 15) is 4.39 Å². The zero-order chi connectivity index (χ0) is 12.4. The largest absolute Gasteiger partial charge is 0.379 e. The minimum atomic E-state index is -0.333. The van der Waals surface area contributed by atoms with Crippen LogP contribution in [-0.4, -0.2) is 60.3 Å². The van der Waals surface area contributed by atoms with Gasteiger partial charge in [0, 0.05) is 32.2 Å². The highest BCUT2D eigenvalue weighted by Crippen LogP contribution is 2.23. The first-order chi connectivity index (χ1) is 8.84. The van der Waals surface area contributed by atoms with Gasteiger partial charge in [0.1, 0.15) is 6.33 Å². The summed E-state index contributed by atoms with van der Waals surface area (Å²) in [6.07, 6.45) is 3.69. The third kappa shape index (κ3) is 2.30. The molecule has 0 radical (unpaired) electrons. The molecule has 5 nitrogen and oxygen atoms in total. The summed E-state index contributed by atoms with van der Waals surface area (Å²) >= 11 is 0. The van der Waals surface area contributed by atoms with E-state index in [1.165, 1.54) is 12.5 Å². The van der Waals surface area contributed by atoms with E-state index in [1.807, 2.05) is 4.90 Å². The molecule has 0 amide bonds. The summed E-state index contributed by atoms with van der Waals surface area (Å²) in [5.41, 5.74) is 0. The Kier molecular flexibility index (Phi) is 3.38. The van der Waals surface area contributed by atoms with Crippen LogP contribution in [0.2, 0.25) is 0 Å². The molecule has 0 bridgehead atoms. The summed E-state index contributed by atoms with van der Waals surface area (Å²) in [6, 6.07) is 0.489. The monoisotopic (exact) mass is 252 g/mol. The third-order valence-corrected chi connectivity index (χ3v) is 3.67. The molecule has 1 aromatic heterocycles. The van der Waals surface area contributed by atoms with Crippen LogP contribution in [0.1, 0.15) is 6.42 Å². The molecule has 2 fully saturated rings. The first kappa shape index (κ1) is 11.8. The Morgan fingerprint density at radius 3 is 2.89 bits per heavy atom. The van der Waals surface area contributed by atoms with Crippen LogP contribution in [0.4, 0.5) is 10.2 Å². The van der Waals surface area contributed by atoms with E-state index in [1.54, 1.807) is 0 Å². The topological polar surface area (TPSA) is 41.5 Å². The van der Waals surface area contributed by atoms with Gasteiger partial charge in [-0.3, -0.25) is 4.90 Å². The predicted octanol–water partition coefficient (Wildman–Crippen LogP) is 0.527. The van der Waals surface area contributed by atoms with Crippen LogP contribution in [0, 0.1) is 5.82 Å². The van der Waals surface area contributed by atoms with Crippen LogP contribution in [0.15, 0.2) is 12.5 Å². The predicted molar refractivity (Wildman–Crippen MR) is 65.0 cm³/mol. The molecule has 18 heavy (non-hydrogen) atoms. The number of ether oxygens (including phenoxy) is 1. The number of rotatable bonds is 2. The van der Waals surface area contributed by atoms with Crippen molar-refractivity contribution in [2.24, 2.45) is 0 Å². The van der Waals surface area contributed by atoms with Gasteiger partial charge in [0.2, 0.25) is 0 Å². The number of halogens is 1. The fourth-order valence-electron chi connectivity index (χ4n) is 2.71. The van der Waals surface area contributed by atoms with E-state index in [-0.39, 0.29) is 5.82 Å². The normalized spacial score (nSPS) is 25.6. The van der Waals surface area contributed by atoms with Crippen LogP contribution >= 0.6 is 0 Å². The Balaban J connectivity index is 1.66. The summed E-state index contributed by atoms with van der Waals surface area (Å²) in [5.74, 6) is 0.0980. The highest BCUT2D eigenvalue weighted by atomic mass is 19.1. The fraction of sp³-hybridized carbons (Fsp3) is 0.667. The Hall–Kier alpha value is -1.27. The van der Waals surface area contributed by atoms with Crippen molar-refractivity contribution < 1.29 is 9.13 Å². The zero-order valence-electron chi connectivity index (χ0n) is 10.3. The number of morpholine rings is 1. The number of hydrogen-bond acceptors (Lipinski definition) is 5. The fourth-order valence-corrected chi connectivity index (χ4v) is 2.71. The molecule has 3 heterocycles. The van der Waals surface area contributed by atoms with Crippen molar-refractivity contribution in [1.29, 1.82) is 0 Å². The van der Waals surface area contributed by atoms with Crippen molar-refractivity contribution >= 4 is 5.82 Å². The maximum atomic E-state index is 13.6. The summed E-state index contributed by atoms with van der Waals surface area (Å²) in [6.45, 7) is 5.26. The summed E-state index contributed by atoms with van der Waals surface area (Å²) in [7, 11) is 0. The minimum absolute atomic E-state index is 0.333. The Morgan fingerprint density at radius 2 is 2.11 bits per heavy atom. The lowest BCUT2D eigenvalue weighted by Crippen LogP contribution is -2.44. The van der Waals surface area contributed by atoms with Gasteiger partial charge in [-0.05, 0) is 6.42 Å². The summed E-state index contributed by atoms with van der Waals surface area (Å²) in [4.78, 5) is 12.2. The standard InChI is InChI=1S/C12H17FN4O/c13-11-7-14-9-15-12(11)17-2-1-10(8-17)16-3-5-18-6-4-16/h7,9-10H,1-6,8H2. The zero-order valence-corrected chi connectivity index (χ0v) is 10.3. The average Bonchev–Trinajstić information content (AvgIpc) is 2.90. The van der Waals surface area contributed by atoms with E-state index < -0.39 is 0 Å². The Morgan fingerprint density at radius 1 is 1.28 bits per heavy atom. The second-order valence-corrected chi connectivity index (χ2v) is 4.73. The van der Waals surface area contributed by atoms with E-state index >= 15 is 0 Å². The molecule has 3 rings (SSSR count). The summed E-state index contributed by atoms with van der Waals surface area (Å²) < 4.78 is 19.0. The second-order valence-electron chi connectivity index (χ2n) is 4.73. The van der Waals surface area contributed by atoms with Crippen LogP contribution in [0.5, 0.6) is 0 Å². The first-order valence-electron chi connectivity index (χ1n) is 6.37. The molecule has 1 aromatic rings. The second kappa shape index (κ2) is 5.16. The van der Waals surface area contributed by atoms with Crippen molar-refractivity contribution in [1.82, 2.24) is 14.9 Å². The van der Waals surface area contributed by atoms with Crippen molar-refractivity contribution in [3.8, 4) is 0 Å². The molecule has 0 N–H and O–H groups in total. The number of aromatic nitrogens is 2. The van der Waals surface area contributed by atoms with E-state index in [4.69, 9.17) is 4.74 Å². The molecule has 0 aromatic carbocycles. The molecule has 98 valence electrons. The van der Waals surface area contributed by atoms with E-state index in [0.29, 0.717) is 11.9 Å². The van der Waals surface area contributed by atoms with Gasteiger partial charge >= 0.3 is 0 Å². The maximum Gasteiger partial charge on any atom is 0.183 e. The van der Waals surface area contributed by atoms with Gasteiger partial charge < -0.3 is 9.64 Å². The van der Waals surface area contributed by atoms with Crippen molar-refractivity contribution in [3.63, 3.8) is 0 Å². The molecule has 0 spiro atoms. The molecule has 6 heteroatoms. The van der Waals surface area contributed by atoms with Gasteiger partial charge in [0.25, 0.3) is 0 Å². The minimum Gasteiger partial charge on any atom is -0.379 e. The van der Waals surface area contributed by atoms with Gasteiger partial charge in [0.05, 0.1) is 19.4 Å². The lowest BCUT2D eigenvalue weighted by atomic mass is 10.2. The number of anilines is 1. The summed E-state index contributed by atoms with van der Waals surface area (Å²) in [5, 5.41) is 0. The molecular weight excluding hydrogens is 235 g/mol. The maximum absolute atomic E-state index is 13.6. The van der Waals surface area contributed by atoms with Crippen molar-refractivity contribution in [3.05, 3.63) is 18.3 Å². The van der Waals surface area contributed by atoms with Gasteiger partial charge in [-0.15, -0.1) is 0 Å². The van der Waals surface area contributed by atoms with Gasteiger partial charge in [-0.1, -0.05) is 0 Å². The lowest BCUT2D eigenvalue weighted by Gasteiger charge is -2.32. The molecule has 0 aliphatic carbocycles. The molecule has 1 unspecified atom stereocenters. The quantitative estimate of drug-likeness (QED) is 0.768. The van der Waals surface area contributed by atoms with Crippen LogP contribution in [0.25, 0.3) is 0 Å². The lowest BCUT2D eigenvalue weighted by molar-refractivity contribution is 0.0209. The Bertz CT molecular complexity index is 411. The number of nitrogens with zero attached hydrogens (tertiary/aromatic N) is 4. The molecule has 2 saturated heterocycles. The van der Waals surface area contributed by atoms with E-state index in [0.717, 1.165) is 45.8 Å². The van der Waals surface area contributed by atoms with Gasteiger partial charge in [0.15, 0.2) is 11.6 Å². The highest BCUT2D eigenvalue weighted by Gasteiger charge is 2.30. The molecule has 1 atom stereocenters. The first-order valence-corrected chi connectivity index (χ1v) is 6.37. The van der Waals surface area contributed by atoms with E-state index in [2.05, 4.69) is 14.9 Å². The van der Waals surface area contributed by atoms with Crippen LogP contribution < -0.4 is 4.90 Å². The van der Waals surface area contributed by atoms with Crippen LogP contribution in [0.3, 0.4) is 0 Å². The van der Waals surface area contributed by atoms with Gasteiger partial charge in [-0.25, -0.2) is 14.4 Å². The molecule has 2 aliphatic heterocycles. The Labute approximate surface area is 106 Å². The van der Waals surface area contributed by atoms with Gasteiger partial charge in [-0.2, -0.15) is 0 Å². The molecular formula is C12H17FN4O. The molecule has 0 saturated carbocycles. The smallest absolute Gasteiger partial charge is 0.183 e.